The number of hydrogen-bond donors (Lipinski definition) is 3. The smallest absolute Gasteiger partial charge is 0.277 e. The zero-order valence-electron chi connectivity index (χ0n) is 11.0. The van der Waals surface area contributed by atoms with Crippen molar-refractivity contribution in [2.45, 2.75) is 12.8 Å². The van der Waals surface area contributed by atoms with E-state index < -0.39 is 5.91 Å². The molecule has 1 aromatic heterocycles. The van der Waals surface area contributed by atoms with Gasteiger partial charge in [-0.2, -0.15) is 0 Å². The lowest BCUT2D eigenvalue weighted by Crippen LogP contribution is -2.37. The van der Waals surface area contributed by atoms with Crippen molar-refractivity contribution in [3.63, 3.8) is 0 Å². The van der Waals surface area contributed by atoms with E-state index in [2.05, 4.69) is 20.2 Å². The average molecular weight is 265 g/mol. The quantitative estimate of drug-likeness (QED) is 0.526. The molecule has 0 spiro atoms. The van der Waals surface area contributed by atoms with Crippen molar-refractivity contribution in [3.05, 3.63) is 18.0 Å². The maximum atomic E-state index is 11.2. The molecular formula is C12H19N5O2. The van der Waals surface area contributed by atoms with Gasteiger partial charge in [0.25, 0.3) is 5.91 Å². The molecular weight excluding hydrogens is 246 g/mol. The maximum Gasteiger partial charge on any atom is 0.277 e. The third-order valence-electron chi connectivity index (χ3n) is 3.39. The van der Waals surface area contributed by atoms with E-state index in [1.807, 2.05) is 7.05 Å². The highest BCUT2D eigenvalue weighted by Crippen LogP contribution is 2.19. The van der Waals surface area contributed by atoms with E-state index in [1.54, 1.807) is 5.48 Å². The number of nitrogens with one attached hydrogen (secondary N) is 2. The van der Waals surface area contributed by atoms with Crippen LogP contribution in [0.5, 0.6) is 0 Å². The first-order valence-corrected chi connectivity index (χ1v) is 6.40. The molecule has 7 heteroatoms. The van der Waals surface area contributed by atoms with E-state index in [9.17, 15) is 4.79 Å². The van der Waals surface area contributed by atoms with Crippen molar-refractivity contribution in [2.24, 2.45) is 5.92 Å². The maximum absolute atomic E-state index is 11.2. The van der Waals surface area contributed by atoms with Crippen molar-refractivity contribution < 1.29 is 10.0 Å². The van der Waals surface area contributed by atoms with Gasteiger partial charge >= 0.3 is 0 Å². The summed E-state index contributed by atoms with van der Waals surface area (Å²) in [5, 5.41) is 11.7. The van der Waals surface area contributed by atoms with Gasteiger partial charge in [-0.1, -0.05) is 0 Å². The number of hydrogen-bond acceptors (Lipinski definition) is 6. The molecule has 0 unspecified atom stereocenters. The van der Waals surface area contributed by atoms with E-state index in [1.165, 1.54) is 12.4 Å². The van der Waals surface area contributed by atoms with Gasteiger partial charge in [-0.25, -0.2) is 15.4 Å². The molecule has 104 valence electrons. The lowest BCUT2D eigenvalue weighted by atomic mass is 9.97. The topological polar surface area (TPSA) is 90.4 Å². The first-order valence-electron chi connectivity index (χ1n) is 6.40. The Balaban J connectivity index is 1.94. The first-order chi connectivity index (χ1) is 9.24. The van der Waals surface area contributed by atoms with Crippen LogP contribution in [0.3, 0.4) is 0 Å². The zero-order valence-corrected chi connectivity index (χ0v) is 11.0. The molecule has 0 bridgehead atoms. The van der Waals surface area contributed by atoms with E-state index in [0.29, 0.717) is 11.9 Å². The Bertz CT molecular complexity index is 415. The van der Waals surface area contributed by atoms with Crippen LogP contribution in [0.1, 0.15) is 23.2 Å². The van der Waals surface area contributed by atoms with Gasteiger partial charge in [0.15, 0.2) is 0 Å². The fourth-order valence-corrected chi connectivity index (χ4v) is 2.29. The number of aromatic nitrogens is 2. The minimum Gasteiger partial charge on any atom is -0.341 e. The van der Waals surface area contributed by atoms with Crippen LogP contribution in [0.25, 0.3) is 0 Å². The highest BCUT2D eigenvalue weighted by atomic mass is 16.5. The second kappa shape index (κ2) is 6.44. The molecule has 1 aromatic rings. The molecule has 19 heavy (non-hydrogen) atoms. The van der Waals surface area contributed by atoms with Crippen LogP contribution in [0.4, 0.5) is 5.95 Å². The van der Waals surface area contributed by atoms with Gasteiger partial charge in [-0.05, 0) is 32.4 Å². The molecule has 1 amide bonds. The Labute approximate surface area is 112 Å². The zero-order chi connectivity index (χ0) is 13.7. The van der Waals surface area contributed by atoms with Crippen LogP contribution in [0.2, 0.25) is 0 Å². The van der Waals surface area contributed by atoms with Crippen molar-refractivity contribution in [3.8, 4) is 0 Å². The Morgan fingerprint density at radius 3 is 2.58 bits per heavy atom. The van der Waals surface area contributed by atoms with E-state index in [0.717, 1.165) is 32.5 Å². The van der Waals surface area contributed by atoms with Crippen LogP contribution >= 0.6 is 0 Å². The SMILES string of the molecule is CNCC1CCN(c2ncc(C(=O)NO)cn2)CC1. The molecule has 2 rings (SSSR count). The largest absolute Gasteiger partial charge is 0.341 e. The summed E-state index contributed by atoms with van der Waals surface area (Å²) in [4.78, 5) is 21.6. The molecule has 0 aromatic carbocycles. The van der Waals surface area contributed by atoms with Gasteiger partial charge in [0.05, 0.1) is 5.56 Å². The fraction of sp³-hybridized carbons (Fsp3) is 0.583. The lowest BCUT2D eigenvalue weighted by molar-refractivity contribution is 0.0705. The molecule has 1 aliphatic heterocycles. The molecule has 1 fully saturated rings. The third kappa shape index (κ3) is 3.39. The van der Waals surface area contributed by atoms with Gasteiger partial charge in [0.2, 0.25) is 5.95 Å². The molecule has 7 nitrogen and oxygen atoms in total. The summed E-state index contributed by atoms with van der Waals surface area (Å²) in [7, 11) is 1.97. The van der Waals surface area contributed by atoms with E-state index in [4.69, 9.17) is 5.21 Å². The van der Waals surface area contributed by atoms with Crippen LogP contribution < -0.4 is 15.7 Å². The molecule has 0 radical (unpaired) electrons. The number of carbonyl (C=O) groups is 1. The predicted molar refractivity (Wildman–Crippen MR) is 70.1 cm³/mol. The number of amides is 1. The van der Waals surface area contributed by atoms with Crippen LogP contribution in [0.15, 0.2) is 12.4 Å². The molecule has 0 atom stereocenters. The molecule has 1 aliphatic rings. The van der Waals surface area contributed by atoms with Gasteiger partial charge in [0.1, 0.15) is 0 Å². The third-order valence-corrected chi connectivity index (χ3v) is 3.39. The van der Waals surface area contributed by atoms with Gasteiger partial charge in [-0.15, -0.1) is 0 Å². The summed E-state index contributed by atoms with van der Waals surface area (Å²) in [6.45, 7) is 2.90. The number of nitrogens with zero attached hydrogens (tertiary/aromatic N) is 3. The van der Waals surface area contributed by atoms with E-state index >= 15 is 0 Å². The highest BCUT2D eigenvalue weighted by molar-refractivity contribution is 5.92. The van der Waals surface area contributed by atoms with Crippen LogP contribution in [-0.4, -0.2) is 47.8 Å². The standard InChI is InChI=1S/C12H19N5O2/c1-13-6-9-2-4-17(5-3-9)12-14-7-10(8-15-12)11(18)16-19/h7-9,13,19H,2-6H2,1H3,(H,16,18). The van der Waals surface area contributed by atoms with Gasteiger partial charge in [0, 0.05) is 25.5 Å². The Hall–Kier alpha value is -1.73. The van der Waals surface area contributed by atoms with Crippen molar-refractivity contribution in [1.29, 1.82) is 0 Å². The lowest BCUT2D eigenvalue weighted by Gasteiger charge is -2.31. The van der Waals surface area contributed by atoms with E-state index in [-0.39, 0.29) is 5.56 Å². The summed E-state index contributed by atoms with van der Waals surface area (Å²) in [6, 6.07) is 0. The Morgan fingerprint density at radius 1 is 1.42 bits per heavy atom. The van der Waals surface area contributed by atoms with Gasteiger partial charge < -0.3 is 10.2 Å². The van der Waals surface area contributed by atoms with Gasteiger partial charge in [-0.3, -0.25) is 10.0 Å². The molecule has 1 saturated heterocycles. The first kappa shape index (κ1) is 13.7. The van der Waals surface area contributed by atoms with Crippen LogP contribution in [-0.2, 0) is 0 Å². The number of piperidine rings is 1. The minimum atomic E-state index is -0.598. The number of carbonyl (C=O) groups excluding carboxylic acids is 1. The second-order valence-corrected chi connectivity index (χ2v) is 4.70. The molecule has 2 heterocycles. The fourth-order valence-electron chi connectivity index (χ4n) is 2.29. The summed E-state index contributed by atoms with van der Waals surface area (Å²) >= 11 is 0. The molecule has 0 aliphatic carbocycles. The van der Waals surface area contributed by atoms with Crippen molar-refractivity contribution in [2.75, 3.05) is 31.6 Å². The summed E-state index contributed by atoms with van der Waals surface area (Å²) in [6.07, 6.45) is 5.08. The molecule has 3 N–H and O–H groups in total. The Morgan fingerprint density at radius 2 is 2.05 bits per heavy atom. The second-order valence-electron chi connectivity index (χ2n) is 4.70. The van der Waals surface area contributed by atoms with Crippen LogP contribution in [0, 0.1) is 5.92 Å². The number of hydroxylamine groups is 1. The Kier molecular flexibility index (Phi) is 4.64. The highest BCUT2D eigenvalue weighted by Gasteiger charge is 2.20. The number of anilines is 1. The summed E-state index contributed by atoms with van der Waals surface area (Å²) in [5.74, 6) is 0.748. The normalized spacial score (nSPS) is 16.4. The van der Waals surface area contributed by atoms with Crippen molar-refractivity contribution in [1.82, 2.24) is 20.8 Å². The number of rotatable bonds is 4. The summed E-state index contributed by atoms with van der Waals surface area (Å²) in [5.41, 5.74) is 1.81. The molecule has 0 saturated carbocycles. The summed E-state index contributed by atoms with van der Waals surface area (Å²) < 4.78 is 0. The van der Waals surface area contributed by atoms with Crippen molar-refractivity contribution >= 4 is 11.9 Å². The minimum absolute atomic E-state index is 0.247. The average Bonchev–Trinajstić information content (AvgIpc) is 2.48. The monoisotopic (exact) mass is 265 g/mol. The predicted octanol–water partition coefficient (Wildman–Crippen LogP) is 0.0314.